The Morgan fingerprint density at radius 3 is 2.76 bits per heavy atom. The van der Waals surface area contributed by atoms with Crippen LogP contribution in [0.5, 0.6) is 0 Å². The predicted octanol–water partition coefficient (Wildman–Crippen LogP) is 1.08. The van der Waals surface area contributed by atoms with Gasteiger partial charge in [0.05, 0.1) is 11.7 Å². The third-order valence-corrected chi connectivity index (χ3v) is 3.24. The van der Waals surface area contributed by atoms with Crippen LogP contribution in [0.25, 0.3) is 0 Å². The lowest BCUT2D eigenvalue weighted by Gasteiger charge is -2.27. The molecule has 17 heavy (non-hydrogen) atoms. The fraction of sp³-hybridized carbons (Fsp3) is 0.667. The minimum Gasteiger partial charge on any atom is -0.361 e. The first-order valence-corrected chi connectivity index (χ1v) is 6.00. The predicted molar refractivity (Wildman–Crippen MR) is 63.5 cm³/mol. The van der Waals surface area contributed by atoms with E-state index in [0.29, 0.717) is 12.3 Å². The zero-order valence-corrected chi connectivity index (χ0v) is 10.5. The van der Waals surface area contributed by atoms with Crippen molar-refractivity contribution >= 4 is 5.91 Å². The van der Waals surface area contributed by atoms with Crippen molar-refractivity contribution in [3.8, 4) is 0 Å². The second-order valence-electron chi connectivity index (χ2n) is 4.76. The molecule has 0 spiro atoms. The number of nitrogens with zero attached hydrogens (tertiary/aromatic N) is 1. The maximum absolute atomic E-state index is 11.8. The van der Waals surface area contributed by atoms with E-state index < -0.39 is 0 Å². The largest absolute Gasteiger partial charge is 0.361 e. The summed E-state index contributed by atoms with van der Waals surface area (Å²) in [5, 5.41) is 10.1. The molecule has 2 rings (SSSR count). The summed E-state index contributed by atoms with van der Waals surface area (Å²) in [6, 6.07) is -0.0400. The number of hydrogen-bond acceptors (Lipinski definition) is 4. The van der Waals surface area contributed by atoms with Gasteiger partial charge in [-0.15, -0.1) is 0 Å². The van der Waals surface area contributed by atoms with Crippen molar-refractivity contribution < 1.29 is 9.32 Å². The van der Waals surface area contributed by atoms with E-state index in [-0.39, 0.29) is 11.9 Å². The average Bonchev–Trinajstić information content (AvgIpc) is 2.52. The van der Waals surface area contributed by atoms with Crippen molar-refractivity contribution in [2.45, 2.75) is 33.2 Å². The Balaban J connectivity index is 1.91. The molecule has 0 bridgehead atoms. The monoisotopic (exact) mass is 237 g/mol. The summed E-state index contributed by atoms with van der Waals surface area (Å²) < 4.78 is 5.10. The van der Waals surface area contributed by atoms with Crippen LogP contribution >= 0.6 is 0 Å². The topological polar surface area (TPSA) is 67.2 Å². The quantitative estimate of drug-likeness (QED) is 0.822. The molecule has 1 saturated heterocycles. The summed E-state index contributed by atoms with van der Waals surface area (Å²) in [6.45, 7) is 7.63. The minimum absolute atomic E-state index is 0.0400. The first-order chi connectivity index (χ1) is 8.08. The summed E-state index contributed by atoms with van der Waals surface area (Å²) in [4.78, 5) is 11.8. The summed E-state index contributed by atoms with van der Waals surface area (Å²) >= 11 is 0. The summed E-state index contributed by atoms with van der Waals surface area (Å²) in [7, 11) is 0. The summed E-state index contributed by atoms with van der Waals surface area (Å²) in [6.07, 6.45) is 0.598. The molecule has 1 atom stereocenters. The van der Waals surface area contributed by atoms with Gasteiger partial charge in [-0.2, -0.15) is 0 Å². The lowest BCUT2D eigenvalue weighted by Crippen LogP contribution is -2.44. The van der Waals surface area contributed by atoms with Gasteiger partial charge in [0.2, 0.25) is 5.91 Å². The Morgan fingerprint density at radius 2 is 2.29 bits per heavy atom. The number of hydrogen-bond donors (Lipinski definition) is 2. The van der Waals surface area contributed by atoms with E-state index >= 15 is 0 Å². The molecular weight excluding hydrogens is 218 g/mol. The van der Waals surface area contributed by atoms with Crippen molar-refractivity contribution in [2.24, 2.45) is 5.92 Å². The molecular formula is C12H19N3O2. The molecule has 0 saturated carbocycles. The molecule has 0 radical (unpaired) electrons. The molecule has 1 unspecified atom stereocenters. The van der Waals surface area contributed by atoms with Crippen LogP contribution < -0.4 is 10.6 Å². The molecule has 2 N–H and O–H groups in total. The van der Waals surface area contributed by atoms with Gasteiger partial charge in [-0.25, -0.2) is 0 Å². The highest BCUT2D eigenvalue weighted by molar-refractivity contribution is 5.76. The number of carbonyl (C=O) groups excluding carboxylic acids is 1. The highest BCUT2D eigenvalue weighted by Gasteiger charge is 2.23. The molecule has 1 amide bonds. The van der Waals surface area contributed by atoms with Crippen molar-refractivity contribution in [1.82, 2.24) is 15.8 Å². The maximum atomic E-state index is 11.8. The molecule has 1 aromatic rings. The van der Waals surface area contributed by atoms with E-state index in [9.17, 15) is 4.79 Å². The highest BCUT2D eigenvalue weighted by atomic mass is 16.5. The molecule has 0 aromatic carbocycles. The molecule has 5 nitrogen and oxygen atoms in total. The minimum atomic E-state index is -0.0400. The smallest absolute Gasteiger partial charge is 0.220 e. The Bertz CT molecular complexity index is 390. The number of aromatic nitrogens is 1. The van der Waals surface area contributed by atoms with Gasteiger partial charge in [0.25, 0.3) is 0 Å². The number of carbonyl (C=O) groups is 1. The molecule has 1 aliphatic heterocycles. The van der Waals surface area contributed by atoms with Gasteiger partial charge >= 0.3 is 0 Å². The maximum Gasteiger partial charge on any atom is 0.220 e. The summed E-state index contributed by atoms with van der Waals surface area (Å²) in [5.74, 6) is 1.37. The van der Waals surface area contributed by atoms with Crippen LogP contribution in [0.3, 0.4) is 0 Å². The van der Waals surface area contributed by atoms with E-state index in [4.69, 9.17) is 4.52 Å². The van der Waals surface area contributed by atoms with Gasteiger partial charge < -0.3 is 15.2 Å². The van der Waals surface area contributed by atoms with Crippen LogP contribution in [-0.2, 0) is 4.79 Å². The van der Waals surface area contributed by atoms with Gasteiger partial charge in [-0.3, -0.25) is 4.79 Å². The molecule has 1 fully saturated rings. The number of amides is 1. The first-order valence-electron chi connectivity index (χ1n) is 6.00. The van der Waals surface area contributed by atoms with Crippen LogP contribution in [0, 0.1) is 19.8 Å². The van der Waals surface area contributed by atoms with Crippen molar-refractivity contribution in [1.29, 1.82) is 0 Å². The molecule has 0 aliphatic carbocycles. The summed E-state index contributed by atoms with van der Waals surface area (Å²) in [5.41, 5.74) is 1.84. The standard InChI is InChI=1S/C12H19N3O2/c1-7(12-8(2)15-17-9(12)3)14-11(16)4-10-5-13-6-10/h7,10,13H,4-6H2,1-3H3,(H,14,16). The van der Waals surface area contributed by atoms with Gasteiger partial charge in [0.15, 0.2) is 0 Å². The Hall–Kier alpha value is -1.36. The lowest BCUT2D eigenvalue weighted by molar-refractivity contribution is -0.123. The van der Waals surface area contributed by atoms with Gasteiger partial charge in [0.1, 0.15) is 5.76 Å². The van der Waals surface area contributed by atoms with Crippen molar-refractivity contribution in [3.63, 3.8) is 0 Å². The average molecular weight is 237 g/mol. The number of nitrogens with one attached hydrogen (secondary N) is 2. The van der Waals surface area contributed by atoms with Crippen LogP contribution in [0.1, 0.15) is 36.4 Å². The first kappa shape index (κ1) is 12.1. The zero-order valence-electron chi connectivity index (χ0n) is 10.5. The second kappa shape index (κ2) is 4.87. The van der Waals surface area contributed by atoms with E-state index in [1.54, 1.807) is 0 Å². The number of rotatable bonds is 4. The second-order valence-corrected chi connectivity index (χ2v) is 4.76. The van der Waals surface area contributed by atoms with Crippen LogP contribution in [0.15, 0.2) is 4.52 Å². The fourth-order valence-electron chi connectivity index (χ4n) is 2.24. The molecule has 1 aromatic heterocycles. The molecule has 5 heteroatoms. The zero-order chi connectivity index (χ0) is 12.4. The van der Waals surface area contributed by atoms with Gasteiger partial charge in [-0.05, 0) is 39.8 Å². The third kappa shape index (κ3) is 2.66. The Kier molecular flexibility index (Phi) is 3.47. The van der Waals surface area contributed by atoms with E-state index in [0.717, 1.165) is 30.1 Å². The molecule has 2 heterocycles. The fourth-order valence-corrected chi connectivity index (χ4v) is 2.24. The normalized spacial score (nSPS) is 17.6. The SMILES string of the molecule is Cc1noc(C)c1C(C)NC(=O)CC1CNC1. The van der Waals surface area contributed by atoms with E-state index in [1.807, 2.05) is 20.8 Å². The van der Waals surface area contributed by atoms with Gasteiger partial charge in [0, 0.05) is 12.0 Å². The van der Waals surface area contributed by atoms with Crippen LogP contribution in [0.4, 0.5) is 0 Å². The molecule has 94 valence electrons. The Morgan fingerprint density at radius 1 is 1.59 bits per heavy atom. The third-order valence-electron chi connectivity index (χ3n) is 3.24. The number of aryl methyl sites for hydroxylation is 2. The van der Waals surface area contributed by atoms with Crippen molar-refractivity contribution in [3.05, 3.63) is 17.0 Å². The van der Waals surface area contributed by atoms with E-state index in [2.05, 4.69) is 15.8 Å². The Labute approximate surface area is 101 Å². The van der Waals surface area contributed by atoms with Gasteiger partial charge in [-0.1, -0.05) is 5.16 Å². The molecule has 1 aliphatic rings. The van der Waals surface area contributed by atoms with Crippen LogP contribution in [0.2, 0.25) is 0 Å². The van der Waals surface area contributed by atoms with Crippen molar-refractivity contribution in [2.75, 3.05) is 13.1 Å². The highest BCUT2D eigenvalue weighted by Crippen LogP contribution is 2.21. The van der Waals surface area contributed by atoms with E-state index in [1.165, 1.54) is 0 Å². The lowest BCUT2D eigenvalue weighted by atomic mass is 9.98. The van der Waals surface area contributed by atoms with Crippen LogP contribution in [-0.4, -0.2) is 24.2 Å².